The summed E-state index contributed by atoms with van der Waals surface area (Å²) in [6.07, 6.45) is 5.51. The van der Waals surface area contributed by atoms with E-state index in [9.17, 15) is 0 Å². The summed E-state index contributed by atoms with van der Waals surface area (Å²) in [6, 6.07) is 73.0. The van der Waals surface area contributed by atoms with Crippen LogP contribution in [-0.4, -0.2) is 15.0 Å². The molecule has 0 saturated heterocycles. The third kappa shape index (κ3) is 7.96. The van der Waals surface area contributed by atoms with Gasteiger partial charge in [0.25, 0.3) is 0 Å². The predicted octanol–water partition coefficient (Wildman–Crippen LogP) is 16.4. The fraction of sp³-hybridized carbons (Fsp3) is 0. The molecule has 0 aliphatic carbocycles. The van der Waals surface area contributed by atoms with Crippen molar-refractivity contribution in [3.8, 4) is 101 Å². The van der Waals surface area contributed by atoms with E-state index in [0.717, 1.165) is 109 Å². The summed E-state index contributed by atoms with van der Waals surface area (Å²) >= 11 is 7.94. The van der Waals surface area contributed by atoms with Gasteiger partial charge < -0.3 is 0 Å². The minimum absolute atomic E-state index is 0.937. The lowest BCUT2D eigenvalue weighted by Crippen LogP contribution is -1.93. The van der Waals surface area contributed by atoms with Gasteiger partial charge in [-0.05, 0) is 133 Å². The highest BCUT2D eigenvalue weighted by atomic mass is 79.9. The molecule has 10 aromatic rings. The molecule has 3 heterocycles. The smallest absolute Gasteiger partial charge is 0.0702 e. The van der Waals surface area contributed by atoms with Crippen LogP contribution in [0.1, 0.15) is 0 Å². The van der Waals surface area contributed by atoms with Gasteiger partial charge in [-0.1, -0.05) is 171 Å². The molecule has 0 bridgehead atoms. The third-order valence-electron chi connectivity index (χ3n) is 11.2. The van der Waals surface area contributed by atoms with E-state index < -0.39 is 0 Å². The van der Waals surface area contributed by atoms with E-state index in [1.807, 2.05) is 73.2 Å². The lowest BCUT2D eigenvalue weighted by Gasteiger charge is -2.19. The maximum atomic E-state index is 4.60. The minimum atomic E-state index is 0.937. The summed E-state index contributed by atoms with van der Waals surface area (Å²) < 4.78 is 2.02. The highest BCUT2D eigenvalue weighted by Crippen LogP contribution is 2.45. The molecule has 0 N–H and O–H groups in total. The molecule has 7 aromatic carbocycles. The van der Waals surface area contributed by atoms with Gasteiger partial charge in [-0.25, -0.2) is 0 Å². The van der Waals surface area contributed by atoms with Crippen LogP contribution in [0.25, 0.3) is 101 Å². The van der Waals surface area contributed by atoms with Crippen molar-refractivity contribution in [3.63, 3.8) is 0 Å². The van der Waals surface area contributed by atoms with Crippen molar-refractivity contribution in [2.24, 2.45) is 0 Å². The number of hydrogen-bond donors (Lipinski definition) is 0. The molecule has 0 unspecified atom stereocenters. The molecule has 294 valence electrons. The van der Waals surface area contributed by atoms with Gasteiger partial charge in [-0.2, -0.15) is 0 Å². The maximum Gasteiger partial charge on any atom is 0.0702 e. The van der Waals surface area contributed by atoms with Crippen LogP contribution in [0.15, 0.2) is 234 Å². The summed E-state index contributed by atoms with van der Waals surface area (Å²) in [5.41, 5.74) is 19.6. The second kappa shape index (κ2) is 17.5. The van der Waals surface area contributed by atoms with Crippen LogP contribution in [0.4, 0.5) is 0 Å². The molecule has 3 nitrogen and oxygen atoms in total. The van der Waals surface area contributed by atoms with Gasteiger partial charge in [-0.15, -0.1) is 0 Å². The van der Waals surface area contributed by atoms with Crippen LogP contribution in [0.2, 0.25) is 0 Å². The van der Waals surface area contributed by atoms with E-state index in [-0.39, 0.29) is 0 Å². The number of nitrogens with zero attached hydrogens (tertiary/aromatic N) is 3. The van der Waals surface area contributed by atoms with Gasteiger partial charge in [0, 0.05) is 44.2 Å². The first-order valence-electron chi connectivity index (χ1n) is 20.5. The highest BCUT2D eigenvalue weighted by Gasteiger charge is 2.18. The van der Waals surface area contributed by atoms with Gasteiger partial charge >= 0.3 is 0 Å². The van der Waals surface area contributed by atoms with E-state index in [1.165, 1.54) is 0 Å². The Morgan fingerprint density at radius 3 is 0.903 bits per heavy atom. The summed E-state index contributed by atoms with van der Waals surface area (Å²) in [4.78, 5) is 13.8. The lowest BCUT2D eigenvalue weighted by molar-refractivity contribution is 1.32. The van der Waals surface area contributed by atoms with Crippen LogP contribution >= 0.6 is 31.9 Å². The third-order valence-corrected chi connectivity index (χ3v) is 12.6. The SMILES string of the molecule is Brc1cc(-c2ccccn2)ccc1-c1ccccc1-c1cc(-c2ccccc2-c2ccc(-c3ccccn3)cc2)cc(-c2ccccc2-c2ccc(-c3ccccn3)cc2Br)c1. The molecule has 0 atom stereocenters. The van der Waals surface area contributed by atoms with Gasteiger partial charge in [0.05, 0.1) is 17.1 Å². The van der Waals surface area contributed by atoms with Crippen molar-refractivity contribution >= 4 is 31.9 Å². The van der Waals surface area contributed by atoms with Crippen molar-refractivity contribution < 1.29 is 0 Å². The van der Waals surface area contributed by atoms with E-state index in [2.05, 4.69) is 198 Å². The number of pyridine rings is 3. The quantitative estimate of drug-likeness (QED) is 0.145. The largest absolute Gasteiger partial charge is 0.256 e. The minimum Gasteiger partial charge on any atom is -0.256 e. The first-order chi connectivity index (χ1) is 30.6. The van der Waals surface area contributed by atoms with Crippen molar-refractivity contribution in [2.75, 3.05) is 0 Å². The zero-order valence-corrected chi connectivity index (χ0v) is 36.6. The monoisotopic (exact) mass is 921 g/mol. The Bertz CT molecular complexity index is 3040. The molecule has 3 aromatic heterocycles. The fourth-order valence-corrected chi connectivity index (χ4v) is 9.41. The van der Waals surface area contributed by atoms with E-state index in [1.54, 1.807) is 0 Å². The first-order valence-corrected chi connectivity index (χ1v) is 22.0. The molecule has 10 rings (SSSR count). The number of rotatable bonds is 9. The second-order valence-corrected chi connectivity index (χ2v) is 16.8. The van der Waals surface area contributed by atoms with E-state index >= 15 is 0 Å². The van der Waals surface area contributed by atoms with E-state index in [0.29, 0.717) is 0 Å². The zero-order chi connectivity index (χ0) is 41.8. The molecule has 5 heteroatoms. The molecule has 0 spiro atoms. The fourth-order valence-electron chi connectivity index (χ4n) is 8.23. The maximum absolute atomic E-state index is 4.60. The number of benzene rings is 7. The Balaban J connectivity index is 1.14. The van der Waals surface area contributed by atoms with Gasteiger partial charge in [-0.3, -0.25) is 15.0 Å². The molecule has 0 saturated carbocycles. The van der Waals surface area contributed by atoms with Crippen LogP contribution in [0.5, 0.6) is 0 Å². The van der Waals surface area contributed by atoms with Gasteiger partial charge in [0.1, 0.15) is 0 Å². The average molecular weight is 924 g/mol. The first kappa shape index (κ1) is 39.1. The topological polar surface area (TPSA) is 38.7 Å². The summed E-state index contributed by atoms with van der Waals surface area (Å²) in [7, 11) is 0. The van der Waals surface area contributed by atoms with Crippen molar-refractivity contribution in [3.05, 3.63) is 234 Å². The lowest BCUT2D eigenvalue weighted by atomic mass is 9.86. The molecule has 0 aliphatic rings. The van der Waals surface area contributed by atoms with Crippen molar-refractivity contribution in [2.45, 2.75) is 0 Å². The van der Waals surface area contributed by atoms with Crippen LogP contribution in [-0.2, 0) is 0 Å². The van der Waals surface area contributed by atoms with Crippen LogP contribution in [0.3, 0.4) is 0 Å². The molecule has 0 amide bonds. The highest BCUT2D eigenvalue weighted by molar-refractivity contribution is 9.11. The van der Waals surface area contributed by atoms with Crippen molar-refractivity contribution in [1.82, 2.24) is 15.0 Å². The summed E-state index contributed by atoms with van der Waals surface area (Å²) in [6.45, 7) is 0. The zero-order valence-electron chi connectivity index (χ0n) is 33.5. The standard InChI is InChI=1S/C57H37Br2N3/c58-53-36-40(56-20-8-11-31-61-56)26-28-51(53)49-17-5-3-15-47(49)43-33-42(46-14-2-1-13-45(46)38-22-24-39(25-23-38)55-19-7-10-30-60-55)34-44(35-43)48-16-4-6-18-50(48)52-29-27-41(37-54(52)59)57-21-9-12-32-62-57/h1-37H. The van der Waals surface area contributed by atoms with Crippen LogP contribution in [0, 0.1) is 0 Å². The Morgan fingerprint density at radius 2 is 0.532 bits per heavy atom. The van der Waals surface area contributed by atoms with Crippen LogP contribution < -0.4 is 0 Å². The normalized spacial score (nSPS) is 11.1. The molecule has 0 fully saturated rings. The molecule has 0 aliphatic heterocycles. The molecular formula is C57H37Br2N3. The van der Waals surface area contributed by atoms with E-state index in [4.69, 9.17) is 0 Å². The summed E-state index contributed by atoms with van der Waals surface area (Å²) in [5, 5.41) is 0. The molecule has 0 radical (unpaired) electrons. The van der Waals surface area contributed by atoms with Gasteiger partial charge in [0.2, 0.25) is 0 Å². The second-order valence-electron chi connectivity index (χ2n) is 15.0. The molecular weight excluding hydrogens is 886 g/mol. The number of halogens is 2. The van der Waals surface area contributed by atoms with Crippen molar-refractivity contribution in [1.29, 1.82) is 0 Å². The predicted molar refractivity (Wildman–Crippen MR) is 264 cm³/mol. The Kier molecular flexibility index (Phi) is 11.0. The average Bonchev–Trinajstić information content (AvgIpc) is 3.35. The summed E-state index contributed by atoms with van der Waals surface area (Å²) in [5.74, 6) is 0. The Hall–Kier alpha value is -7.05. The van der Waals surface area contributed by atoms with Gasteiger partial charge in [0.15, 0.2) is 0 Å². The Morgan fingerprint density at radius 1 is 0.226 bits per heavy atom. The number of hydrogen-bond acceptors (Lipinski definition) is 3. The molecule has 62 heavy (non-hydrogen) atoms. The Labute approximate surface area is 378 Å². The number of aromatic nitrogens is 3.